The molecule has 0 spiro atoms. The highest BCUT2D eigenvalue weighted by molar-refractivity contribution is 7.80. The van der Waals surface area contributed by atoms with Gasteiger partial charge in [0.15, 0.2) is 0 Å². The Balaban J connectivity index is 1.57. The Hall–Kier alpha value is -2.07. The number of hydrogen-bond donors (Lipinski definition) is 1. The lowest BCUT2D eigenvalue weighted by molar-refractivity contribution is 0.306. The predicted molar refractivity (Wildman–Crippen MR) is 122 cm³/mol. The van der Waals surface area contributed by atoms with Gasteiger partial charge in [-0.25, -0.2) is 0 Å². The first-order chi connectivity index (χ1) is 13.5. The molecule has 3 rings (SSSR count). The second-order valence-corrected chi connectivity index (χ2v) is 7.66. The highest BCUT2D eigenvalue weighted by Crippen LogP contribution is 2.26. The summed E-state index contributed by atoms with van der Waals surface area (Å²) < 4.78 is 5.81. The van der Waals surface area contributed by atoms with Crippen LogP contribution in [0.2, 0.25) is 10.0 Å². The minimum atomic E-state index is 0.423. The van der Waals surface area contributed by atoms with Gasteiger partial charge in [-0.05, 0) is 53.4 Å². The van der Waals surface area contributed by atoms with E-state index in [-0.39, 0.29) is 0 Å². The monoisotopic (exact) mass is 429 g/mol. The van der Waals surface area contributed by atoms with Gasteiger partial charge in [0.1, 0.15) is 17.3 Å². The molecule has 1 N–H and O–H groups in total. The zero-order chi connectivity index (χ0) is 19.9. The van der Waals surface area contributed by atoms with Crippen LogP contribution in [0.1, 0.15) is 29.2 Å². The van der Waals surface area contributed by atoms with Crippen LogP contribution in [0.15, 0.2) is 66.7 Å². The van der Waals surface area contributed by atoms with Crippen LogP contribution in [0, 0.1) is 0 Å². The van der Waals surface area contributed by atoms with E-state index in [9.17, 15) is 0 Å². The Morgan fingerprint density at radius 2 is 1.54 bits per heavy atom. The van der Waals surface area contributed by atoms with Gasteiger partial charge in [0, 0.05) is 17.1 Å². The van der Waals surface area contributed by atoms with E-state index in [0.29, 0.717) is 33.9 Å². The number of aryl methyl sites for hydroxylation is 1. The van der Waals surface area contributed by atoms with E-state index in [1.54, 1.807) is 0 Å². The SMILES string of the molecule is CCc1ccc(CNC(=S)c2ccc(OCc3ccc(Cl)cc3)c(Cl)c2)cc1. The molecular weight excluding hydrogens is 409 g/mol. The van der Waals surface area contributed by atoms with Crippen molar-refractivity contribution in [3.05, 3.63) is 99.0 Å². The topological polar surface area (TPSA) is 21.3 Å². The fraction of sp³-hybridized carbons (Fsp3) is 0.174. The van der Waals surface area contributed by atoms with Crippen molar-refractivity contribution in [1.82, 2.24) is 5.32 Å². The summed E-state index contributed by atoms with van der Waals surface area (Å²) in [6.45, 7) is 3.25. The van der Waals surface area contributed by atoms with Crippen molar-refractivity contribution >= 4 is 40.4 Å². The fourth-order valence-electron chi connectivity index (χ4n) is 2.68. The molecule has 0 heterocycles. The van der Waals surface area contributed by atoms with E-state index < -0.39 is 0 Å². The Bertz CT molecular complexity index is 940. The molecule has 5 heteroatoms. The van der Waals surface area contributed by atoms with Gasteiger partial charge >= 0.3 is 0 Å². The standard InChI is InChI=1S/C23H21Cl2NOS/c1-2-16-3-5-17(6-4-16)14-26-23(28)19-9-12-22(21(25)13-19)27-15-18-7-10-20(24)11-8-18/h3-13H,2,14-15H2,1H3,(H,26,28). The van der Waals surface area contributed by atoms with Crippen LogP contribution in [0.25, 0.3) is 0 Å². The maximum atomic E-state index is 6.38. The van der Waals surface area contributed by atoms with Gasteiger partial charge in [0.25, 0.3) is 0 Å². The molecule has 0 amide bonds. The van der Waals surface area contributed by atoms with Crippen molar-refractivity contribution in [2.45, 2.75) is 26.5 Å². The van der Waals surface area contributed by atoms with E-state index in [4.69, 9.17) is 40.2 Å². The van der Waals surface area contributed by atoms with Crippen molar-refractivity contribution in [2.24, 2.45) is 0 Å². The van der Waals surface area contributed by atoms with Gasteiger partial charge < -0.3 is 10.1 Å². The normalized spacial score (nSPS) is 10.5. The van der Waals surface area contributed by atoms with Crippen molar-refractivity contribution in [3.63, 3.8) is 0 Å². The fourth-order valence-corrected chi connectivity index (χ4v) is 3.24. The average molecular weight is 430 g/mol. The number of hydrogen-bond acceptors (Lipinski definition) is 2. The Labute approximate surface area is 181 Å². The maximum Gasteiger partial charge on any atom is 0.138 e. The Morgan fingerprint density at radius 1 is 0.893 bits per heavy atom. The maximum absolute atomic E-state index is 6.38. The number of nitrogens with one attached hydrogen (secondary N) is 1. The van der Waals surface area contributed by atoms with Crippen LogP contribution in [-0.4, -0.2) is 4.99 Å². The van der Waals surface area contributed by atoms with Crippen molar-refractivity contribution < 1.29 is 4.74 Å². The number of thiocarbonyl (C=S) groups is 1. The molecule has 0 fully saturated rings. The van der Waals surface area contributed by atoms with Gasteiger partial charge in [-0.2, -0.15) is 0 Å². The zero-order valence-electron chi connectivity index (χ0n) is 15.5. The lowest BCUT2D eigenvalue weighted by atomic mass is 10.1. The molecule has 2 nitrogen and oxygen atoms in total. The Morgan fingerprint density at radius 3 is 2.18 bits per heavy atom. The van der Waals surface area contributed by atoms with E-state index in [1.807, 2.05) is 42.5 Å². The number of halogens is 2. The van der Waals surface area contributed by atoms with Gasteiger partial charge in [0.05, 0.1) is 5.02 Å². The molecule has 0 saturated carbocycles. The third-order valence-electron chi connectivity index (χ3n) is 4.39. The number of benzene rings is 3. The van der Waals surface area contributed by atoms with E-state index in [1.165, 1.54) is 11.1 Å². The second-order valence-electron chi connectivity index (χ2n) is 6.41. The first-order valence-corrected chi connectivity index (χ1v) is 10.2. The molecule has 28 heavy (non-hydrogen) atoms. The van der Waals surface area contributed by atoms with Crippen LogP contribution in [0.3, 0.4) is 0 Å². The predicted octanol–water partition coefficient (Wildman–Crippen LogP) is 6.60. The molecule has 0 aliphatic carbocycles. The van der Waals surface area contributed by atoms with Crippen molar-refractivity contribution in [1.29, 1.82) is 0 Å². The largest absolute Gasteiger partial charge is 0.487 e. The van der Waals surface area contributed by atoms with Crippen LogP contribution in [0.5, 0.6) is 5.75 Å². The summed E-state index contributed by atoms with van der Waals surface area (Å²) in [5.74, 6) is 0.623. The minimum Gasteiger partial charge on any atom is -0.487 e. The summed E-state index contributed by atoms with van der Waals surface area (Å²) in [5, 5.41) is 4.51. The van der Waals surface area contributed by atoms with E-state index in [2.05, 4.69) is 36.5 Å². The summed E-state index contributed by atoms with van der Waals surface area (Å²) >= 11 is 17.8. The van der Waals surface area contributed by atoms with Crippen LogP contribution in [-0.2, 0) is 19.6 Å². The molecule has 144 valence electrons. The molecule has 0 atom stereocenters. The molecule has 0 aromatic heterocycles. The Kier molecular flexibility index (Phi) is 7.32. The quantitative estimate of drug-likeness (QED) is 0.427. The summed E-state index contributed by atoms with van der Waals surface area (Å²) in [4.78, 5) is 0.658. The molecular formula is C23H21Cl2NOS. The minimum absolute atomic E-state index is 0.423. The first-order valence-electron chi connectivity index (χ1n) is 9.08. The lowest BCUT2D eigenvalue weighted by Crippen LogP contribution is -2.21. The highest BCUT2D eigenvalue weighted by atomic mass is 35.5. The summed E-state index contributed by atoms with van der Waals surface area (Å²) in [6.07, 6.45) is 1.04. The van der Waals surface area contributed by atoms with Gasteiger partial charge in [-0.15, -0.1) is 0 Å². The first kappa shape index (κ1) is 20.7. The van der Waals surface area contributed by atoms with Crippen LogP contribution < -0.4 is 10.1 Å². The van der Waals surface area contributed by atoms with Crippen LogP contribution >= 0.6 is 35.4 Å². The third kappa shape index (κ3) is 5.71. The van der Waals surface area contributed by atoms with Gasteiger partial charge in [0.2, 0.25) is 0 Å². The molecule has 0 bridgehead atoms. The molecule has 3 aromatic carbocycles. The van der Waals surface area contributed by atoms with Crippen LogP contribution in [0.4, 0.5) is 0 Å². The molecule has 0 radical (unpaired) electrons. The van der Waals surface area contributed by atoms with Gasteiger partial charge in [-0.3, -0.25) is 0 Å². The molecule has 0 aliphatic rings. The molecule has 0 saturated heterocycles. The van der Waals surface area contributed by atoms with Gasteiger partial charge in [-0.1, -0.05) is 78.7 Å². The molecule has 0 unspecified atom stereocenters. The molecule has 0 aliphatic heterocycles. The molecule has 3 aromatic rings. The van der Waals surface area contributed by atoms with Crippen molar-refractivity contribution in [2.75, 3.05) is 0 Å². The van der Waals surface area contributed by atoms with E-state index in [0.717, 1.165) is 17.5 Å². The lowest BCUT2D eigenvalue weighted by Gasteiger charge is -2.12. The summed E-state index contributed by atoms with van der Waals surface area (Å²) in [6, 6.07) is 21.6. The highest BCUT2D eigenvalue weighted by Gasteiger charge is 2.07. The average Bonchev–Trinajstić information content (AvgIpc) is 2.72. The summed E-state index contributed by atoms with van der Waals surface area (Å²) in [5.41, 5.74) is 4.40. The summed E-state index contributed by atoms with van der Waals surface area (Å²) in [7, 11) is 0. The van der Waals surface area contributed by atoms with Crippen molar-refractivity contribution in [3.8, 4) is 5.75 Å². The smallest absolute Gasteiger partial charge is 0.138 e. The van der Waals surface area contributed by atoms with E-state index >= 15 is 0 Å². The number of ether oxygens (including phenoxy) is 1. The second kappa shape index (κ2) is 9.92. The third-order valence-corrected chi connectivity index (χ3v) is 5.31. The number of rotatable bonds is 7. The zero-order valence-corrected chi connectivity index (χ0v) is 17.9.